The van der Waals surface area contributed by atoms with Crippen molar-refractivity contribution in [3.05, 3.63) is 34.4 Å². The van der Waals surface area contributed by atoms with Crippen LogP contribution in [0, 0.1) is 20.8 Å². The Kier molecular flexibility index (Phi) is 3.63. The Morgan fingerprint density at radius 2 is 1.79 bits per heavy atom. The lowest BCUT2D eigenvalue weighted by Crippen LogP contribution is -2.28. The van der Waals surface area contributed by atoms with E-state index >= 15 is 0 Å². The Balaban J connectivity index is 3.02. The van der Waals surface area contributed by atoms with Crippen molar-refractivity contribution in [2.45, 2.75) is 26.9 Å². The third-order valence-electron chi connectivity index (χ3n) is 2.55. The van der Waals surface area contributed by atoms with Crippen molar-refractivity contribution in [2.75, 3.05) is 6.54 Å². The number of aliphatic hydroxyl groups excluding tert-OH is 1. The first kappa shape index (κ1) is 11.2. The first-order chi connectivity index (χ1) is 6.56. The van der Waals surface area contributed by atoms with Crippen molar-refractivity contribution >= 4 is 0 Å². The van der Waals surface area contributed by atoms with E-state index in [9.17, 15) is 5.11 Å². The summed E-state index contributed by atoms with van der Waals surface area (Å²) in [4.78, 5) is 0. The number of rotatable bonds is 3. The van der Waals surface area contributed by atoms with Crippen molar-refractivity contribution < 1.29 is 5.11 Å². The number of hydrogen-bond donors (Lipinski definition) is 3. The molecular weight excluding hydrogens is 176 g/mol. The summed E-state index contributed by atoms with van der Waals surface area (Å²) in [5.74, 6) is 5.17. The van der Waals surface area contributed by atoms with Gasteiger partial charge in [0.05, 0.1) is 6.10 Å². The van der Waals surface area contributed by atoms with E-state index in [0.29, 0.717) is 6.54 Å². The molecule has 3 nitrogen and oxygen atoms in total. The Bertz CT molecular complexity index is 323. The van der Waals surface area contributed by atoms with Crippen molar-refractivity contribution in [3.8, 4) is 0 Å². The van der Waals surface area contributed by atoms with Crippen LogP contribution >= 0.6 is 0 Å². The normalized spacial score (nSPS) is 12.9. The van der Waals surface area contributed by atoms with Gasteiger partial charge in [-0.2, -0.15) is 0 Å². The van der Waals surface area contributed by atoms with E-state index in [1.807, 2.05) is 19.9 Å². The van der Waals surface area contributed by atoms with Gasteiger partial charge in [-0.15, -0.1) is 0 Å². The molecule has 0 aliphatic carbocycles. The molecule has 1 atom stereocenters. The van der Waals surface area contributed by atoms with Crippen molar-refractivity contribution in [1.82, 2.24) is 5.43 Å². The number of hydrogen-bond acceptors (Lipinski definition) is 3. The number of hydrazine groups is 1. The summed E-state index contributed by atoms with van der Waals surface area (Å²) in [5, 5.41) is 9.77. The predicted molar refractivity (Wildman–Crippen MR) is 57.8 cm³/mol. The summed E-state index contributed by atoms with van der Waals surface area (Å²) < 4.78 is 0. The number of aryl methyl sites for hydroxylation is 3. The fraction of sp³-hybridized carbons (Fsp3) is 0.455. The molecular formula is C11H18N2O. The molecule has 3 heteroatoms. The third-order valence-corrected chi connectivity index (χ3v) is 2.55. The van der Waals surface area contributed by atoms with Gasteiger partial charge >= 0.3 is 0 Å². The van der Waals surface area contributed by atoms with E-state index in [0.717, 1.165) is 11.1 Å². The highest BCUT2D eigenvalue weighted by Gasteiger charge is 2.10. The summed E-state index contributed by atoms with van der Waals surface area (Å²) >= 11 is 0. The van der Waals surface area contributed by atoms with E-state index < -0.39 is 6.10 Å². The second-order valence-corrected chi connectivity index (χ2v) is 3.72. The van der Waals surface area contributed by atoms with Crippen molar-refractivity contribution in [1.29, 1.82) is 0 Å². The van der Waals surface area contributed by atoms with Crippen LogP contribution in [-0.2, 0) is 0 Å². The molecule has 0 radical (unpaired) electrons. The topological polar surface area (TPSA) is 58.3 Å². The zero-order chi connectivity index (χ0) is 10.7. The lowest BCUT2D eigenvalue weighted by molar-refractivity contribution is 0.174. The van der Waals surface area contributed by atoms with Crippen LogP contribution in [0.3, 0.4) is 0 Å². The second kappa shape index (κ2) is 4.55. The van der Waals surface area contributed by atoms with Crippen LogP contribution in [0.2, 0.25) is 0 Å². The van der Waals surface area contributed by atoms with E-state index in [1.54, 1.807) is 0 Å². The molecule has 1 aromatic rings. The van der Waals surface area contributed by atoms with Crippen LogP contribution in [0.15, 0.2) is 12.1 Å². The maximum absolute atomic E-state index is 9.77. The molecule has 1 rings (SSSR count). The lowest BCUT2D eigenvalue weighted by Gasteiger charge is -2.15. The molecule has 0 fully saturated rings. The Hall–Kier alpha value is -0.900. The van der Waals surface area contributed by atoms with Gasteiger partial charge in [-0.05, 0) is 43.0 Å². The molecule has 0 aliphatic heterocycles. The summed E-state index contributed by atoms with van der Waals surface area (Å²) in [6, 6.07) is 4.11. The zero-order valence-corrected chi connectivity index (χ0v) is 8.96. The van der Waals surface area contributed by atoms with Crippen molar-refractivity contribution in [2.24, 2.45) is 5.84 Å². The molecule has 0 saturated carbocycles. The third kappa shape index (κ3) is 2.32. The highest BCUT2D eigenvalue weighted by molar-refractivity contribution is 5.37. The van der Waals surface area contributed by atoms with Gasteiger partial charge in [-0.25, -0.2) is 0 Å². The molecule has 0 aliphatic rings. The van der Waals surface area contributed by atoms with Crippen LogP contribution < -0.4 is 11.3 Å². The van der Waals surface area contributed by atoms with Gasteiger partial charge in [0.15, 0.2) is 0 Å². The quantitative estimate of drug-likeness (QED) is 0.499. The smallest absolute Gasteiger partial charge is 0.0930 e. The Morgan fingerprint density at radius 3 is 2.36 bits per heavy atom. The molecule has 0 bridgehead atoms. The van der Waals surface area contributed by atoms with E-state index in [-0.39, 0.29) is 0 Å². The van der Waals surface area contributed by atoms with Crippen LogP contribution in [0.4, 0.5) is 0 Å². The van der Waals surface area contributed by atoms with Gasteiger partial charge in [0.1, 0.15) is 0 Å². The first-order valence-electron chi connectivity index (χ1n) is 4.75. The molecule has 1 unspecified atom stereocenters. The average Bonchev–Trinajstić information content (AvgIpc) is 2.11. The Labute approximate surface area is 84.9 Å². The highest BCUT2D eigenvalue weighted by Crippen LogP contribution is 2.21. The van der Waals surface area contributed by atoms with Gasteiger partial charge in [0, 0.05) is 6.54 Å². The van der Waals surface area contributed by atoms with Crippen LogP contribution in [0.5, 0.6) is 0 Å². The zero-order valence-electron chi connectivity index (χ0n) is 8.96. The minimum absolute atomic E-state index is 0.378. The van der Waals surface area contributed by atoms with Gasteiger partial charge in [-0.3, -0.25) is 11.3 Å². The van der Waals surface area contributed by atoms with Gasteiger partial charge in [-0.1, -0.05) is 12.1 Å². The van der Waals surface area contributed by atoms with Crippen LogP contribution in [0.25, 0.3) is 0 Å². The number of benzene rings is 1. The lowest BCUT2D eigenvalue weighted by atomic mass is 9.97. The van der Waals surface area contributed by atoms with Gasteiger partial charge in [0.25, 0.3) is 0 Å². The number of nitrogens with two attached hydrogens (primary N) is 1. The summed E-state index contributed by atoms with van der Waals surface area (Å²) in [6.07, 6.45) is -0.528. The molecule has 0 amide bonds. The molecule has 1 aromatic carbocycles. The molecule has 14 heavy (non-hydrogen) atoms. The monoisotopic (exact) mass is 194 g/mol. The SMILES string of the molecule is Cc1cc(C)c(C(O)CNN)cc1C. The molecule has 78 valence electrons. The molecule has 0 saturated heterocycles. The molecule has 4 N–H and O–H groups in total. The minimum Gasteiger partial charge on any atom is -0.387 e. The van der Waals surface area contributed by atoms with E-state index in [4.69, 9.17) is 5.84 Å². The molecule has 0 heterocycles. The molecule has 0 aromatic heterocycles. The minimum atomic E-state index is -0.528. The van der Waals surface area contributed by atoms with Crippen LogP contribution in [0.1, 0.15) is 28.4 Å². The first-order valence-corrected chi connectivity index (χ1v) is 4.75. The summed E-state index contributed by atoms with van der Waals surface area (Å²) in [7, 11) is 0. The second-order valence-electron chi connectivity index (χ2n) is 3.72. The largest absolute Gasteiger partial charge is 0.387 e. The summed E-state index contributed by atoms with van der Waals surface area (Å²) in [6.45, 7) is 6.49. The Morgan fingerprint density at radius 1 is 1.21 bits per heavy atom. The summed E-state index contributed by atoms with van der Waals surface area (Å²) in [5.41, 5.74) is 6.98. The number of aliphatic hydroxyl groups is 1. The van der Waals surface area contributed by atoms with Crippen molar-refractivity contribution in [3.63, 3.8) is 0 Å². The van der Waals surface area contributed by atoms with E-state index in [2.05, 4.69) is 18.4 Å². The van der Waals surface area contributed by atoms with Crippen LogP contribution in [-0.4, -0.2) is 11.7 Å². The molecule has 0 spiro atoms. The van der Waals surface area contributed by atoms with Gasteiger partial charge < -0.3 is 5.11 Å². The predicted octanol–water partition coefficient (Wildman–Crippen LogP) is 1.11. The average molecular weight is 194 g/mol. The van der Waals surface area contributed by atoms with E-state index in [1.165, 1.54) is 11.1 Å². The fourth-order valence-electron chi connectivity index (χ4n) is 1.56. The van der Waals surface area contributed by atoms with Gasteiger partial charge in [0.2, 0.25) is 0 Å². The standard InChI is InChI=1S/C11H18N2O/c1-7-4-9(3)10(5-8(7)2)11(14)6-13-12/h4-5,11,13-14H,6,12H2,1-3H3. The highest BCUT2D eigenvalue weighted by atomic mass is 16.3. The number of nitrogens with one attached hydrogen (secondary N) is 1. The maximum Gasteiger partial charge on any atom is 0.0930 e. The fourth-order valence-corrected chi connectivity index (χ4v) is 1.56. The maximum atomic E-state index is 9.77.